The fourth-order valence-corrected chi connectivity index (χ4v) is 4.97. The van der Waals surface area contributed by atoms with Gasteiger partial charge in [-0.05, 0) is 71.1 Å². The van der Waals surface area contributed by atoms with Crippen LogP contribution in [0, 0.1) is 0 Å². The fourth-order valence-electron chi connectivity index (χ4n) is 4.97. The molecule has 3 rings (SSSR count). The van der Waals surface area contributed by atoms with Crippen LogP contribution in [-0.4, -0.2) is 77.2 Å². The number of phenols is 1. The molecule has 2 aliphatic rings. The molecule has 10 nitrogen and oxygen atoms in total. The highest BCUT2D eigenvalue weighted by Gasteiger charge is 2.31. The van der Waals surface area contributed by atoms with Gasteiger partial charge in [-0.15, -0.1) is 0 Å². The monoisotopic (exact) mass is 541 g/mol. The fraction of sp³-hybridized carbons (Fsp3) is 0.586. The molecule has 0 saturated carbocycles. The van der Waals surface area contributed by atoms with Gasteiger partial charge in [0, 0.05) is 56.1 Å². The van der Waals surface area contributed by atoms with Crippen molar-refractivity contribution in [3.05, 3.63) is 47.3 Å². The van der Waals surface area contributed by atoms with Crippen LogP contribution >= 0.6 is 0 Å². The number of nitrogens with one attached hydrogen (secondary N) is 1. The number of aromatic hydroxyl groups is 1. The van der Waals surface area contributed by atoms with E-state index < -0.39 is 5.60 Å². The van der Waals surface area contributed by atoms with E-state index in [0.29, 0.717) is 48.3 Å². The highest BCUT2D eigenvalue weighted by Crippen LogP contribution is 2.25. The first-order valence-electron chi connectivity index (χ1n) is 14.0. The predicted octanol–water partition coefficient (Wildman–Crippen LogP) is 3.08. The summed E-state index contributed by atoms with van der Waals surface area (Å²) in [7, 11) is 0. The van der Waals surface area contributed by atoms with E-state index in [-0.39, 0.29) is 23.7 Å². The molecule has 216 valence electrons. The number of nitrogens with two attached hydrogens (primary N) is 3. The molecule has 1 aromatic rings. The Balaban J connectivity index is 1.63. The Morgan fingerprint density at radius 3 is 2.33 bits per heavy atom. The number of aliphatic imine (C=N–C) groups is 1. The highest BCUT2D eigenvalue weighted by molar-refractivity contribution is 5.97. The Morgan fingerprint density at radius 1 is 1.10 bits per heavy atom. The minimum Gasteiger partial charge on any atom is -0.507 e. The van der Waals surface area contributed by atoms with E-state index in [0.717, 1.165) is 45.2 Å². The van der Waals surface area contributed by atoms with Crippen molar-refractivity contribution in [1.29, 1.82) is 0 Å². The zero-order valence-electron chi connectivity index (χ0n) is 23.9. The van der Waals surface area contributed by atoms with Crippen molar-refractivity contribution in [2.24, 2.45) is 22.2 Å². The van der Waals surface area contributed by atoms with E-state index >= 15 is 0 Å². The lowest BCUT2D eigenvalue weighted by Gasteiger charge is -2.42. The van der Waals surface area contributed by atoms with Crippen LogP contribution in [0.5, 0.6) is 5.75 Å². The van der Waals surface area contributed by atoms with Crippen molar-refractivity contribution >= 4 is 17.6 Å². The second-order valence-corrected chi connectivity index (χ2v) is 11.4. The third kappa shape index (κ3) is 8.81. The molecule has 2 aliphatic heterocycles. The summed E-state index contributed by atoms with van der Waals surface area (Å²) < 4.78 is 5.53. The minimum absolute atomic E-state index is 0.0998. The molecule has 2 heterocycles. The standard InChI is InChI=1S/C29H47N7O3/c1-5-14-33-27(32)26(31)24(19-23(30)22-8-6-7-9-25(22)37)34-20-10-15-35(16-11-20)21-12-17-36(18-13-21)28(38)39-29(2,3)4/h6-9,19-21,34,37H,5,10-18,30-31H2,1-4H3,(H2,32,33)/b23-19-,26-24+. The van der Waals surface area contributed by atoms with Crippen molar-refractivity contribution in [2.75, 3.05) is 32.7 Å². The number of likely N-dealkylation sites (tertiary alicyclic amines) is 2. The van der Waals surface area contributed by atoms with Crippen LogP contribution in [0.25, 0.3) is 5.70 Å². The molecule has 2 saturated heterocycles. The number of nitrogens with zero attached hydrogens (tertiary/aromatic N) is 3. The van der Waals surface area contributed by atoms with Gasteiger partial charge in [0.2, 0.25) is 0 Å². The number of rotatable bonds is 8. The minimum atomic E-state index is -0.479. The first-order valence-corrected chi connectivity index (χ1v) is 14.0. The van der Waals surface area contributed by atoms with E-state index in [1.165, 1.54) is 0 Å². The number of phenolic OH excluding ortho intramolecular Hbond substituents is 1. The van der Waals surface area contributed by atoms with Crippen LogP contribution in [0.15, 0.2) is 46.7 Å². The average molecular weight is 542 g/mol. The van der Waals surface area contributed by atoms with Gasteiger partial charge in [-0.3, -0.25) is 4.99 Å². The molecule has 0 spiro atoms. The van der Waals surface area contributed by atoms with Crippen molar-refractivity contribution in [3.63, 3.8) is 0 Å². The molecule has 0 atom stereocenters. The first-order chi connectivity index (χ1) is 18.5. The molecule has 0 aromatic heterocycles. The number of hydrogen-bond acceptors (Lipinski definition) is 8. The number of carbonyl (C=O) groups is 1. The SMILES string of the molecule is CCCN=C(N)/C(N)=C(/C=C(\N)c1ccccc1O)NC1CCN(C2CCN(C(=O)OC(C)(C)C)CC2)CC1. The molecular weight excluding hydrogens is 494 g/mol. The van der Waals surface area contributed by atoms with Crippen LogP contribution in [0.4, 0.5) is 4.79 Å². The Morgan fingerprint density at radius 2 is 1.74 bits per heavy atom. The second-order valence-electron chi connectivity index (χ2n) is 11.4. The maximum absolute atomic E-state index is 12.4. The second kappa shape index (κ2) is 13.6. The Labute approximate surface area is 232 Å². The van der Waals surface area contributed by atoms with Crippen LogP contribution in [0.1, 0.15) is 65.4 Å². The number of benzene rings is 1. The summed E-state index contributed by atoms with van der Waals surface area (Å²) in [6.07, 6.45) is 6.12. The predicted molar refractivity (Wildman–Crippen MR) is 157 cm³/mol. The summed E-state index contributed by atoms with van der Waals surface area (Å²) in [5.74, 6) is 0.373. The van der Waals surface area contributed by atoms with E-state index in [1.807, 2.05) is 38.7 Å². The third-order valence-electron chi connectivity index (χ3n) is 7.11. The highest BCUT2D eigenvalue weighted by atomic mass is 16.6. The van der Waals surface area contributed by atoms with Crippen LogP contribution in [-0.2, 0) is 4.74 Å². The van der Waals surface area contributed by atoms with Gasteiger partial charge in [0.15, 0.2) is 0 Å². The van der Waals surface area contributed by atoms with E-state index in [4.69, 9.17) is 21.9 Å². The first kappa shape index (κ1) is 30.1. The third-order valence-corrected chi connectivity index (χ3v) is 7.11. The molecule has 2 fully saturated rings. The smallest absolute Gasteiger partial charge is 0.410 e. The van der Waals surface area contributed by atoms with Gasteiger partial charge in [0.25, 0.3) is 0 Å². The normalized spacial score (nSPS) is 19.5. The Kier molecular flexibility index (Phi) is 10.5. The topological polar surface area (TPSA) is 155 Å². The summed E-state index contributed by atoms with van der Waals surface area (Å²) in [5, 5.41) is 13.8. The molecule has 0 unspecified atom stereocenters. The summed E-state index contributed by atoms with van der Waals surface area (Å²) >= 11 is 0. The van der Waals surface area contributed by atoms with Gasteiger partial charge in [0.1, 0.15) is 17.2 Å². The lowest BCUT2D eigenvalue weighted by atomic mass is 9.97. The Bertz CT molecular complexity index is 1060. The molecule has 8 N–H and O–H groups in total. The van der Waals surface area contributed by atoms with E-state index in [1.54, 1.807) is 24.3 Å². The van der Waals surface area contributed by atoms with Gasteiger partial charge < -0.3 is 42.2 Å². The summed E-state index contributed by atoms with van der Waals surface area (Å²) in [4.78, 5) is 21.1. The number of amides is 1. The van der Waals surface area contributed by atoms with E-state index in [9.17, 15) is 9.90 Å². The van der Waals surface area contributed by atoms with Gasteiger partial charge in [-0.25, -0.2) is 4.79 Å². The van der Waals surface area contributed by atoms with Gasteiger partial charge in [-0.1, -0.05) is 19.1 Å². The Hall–Kier alpha value is -3.40. The van der Waals surface area contributed by atoms with Crippen LogP contribution in [0.2, 0.25) is 0 Å². The number of amidine groups is 1. The molecule has 0 aliphatic carbocycles. The summed E-state index contributed by atoms with van der Waals surface area (Å²) in [6.45, 7) is 11.6. The molecular formula is C29H47N7O3. The van der Waals surface area contributed by atoms with Gasteiger partial charge >= 0.3 is 6.09 Å². The summed E-state index contributed by atoms with van der Waals surface area (Å²) in [6, 6.07) is 7.57. The number of piperidine rings is 2. The van der Waals surface area contributed by atoms with E-state index in [2.05, 4.69) is 15.2 Å². The van der Waals surface area contributed by atoms with Gasteiger partial charge in [-0.2, -0.15) is 0 Å². The van der Waals surface area contributed by atoms with Gasteiger partial charge in [0.05, 0.1) is 11.4 Å². The number of ether oxygens (including phenoxy) is 1. The quantitative estimate of drug-likeness (QED) is 0.191. The molecule has 1 aromatic carbocycles. The average Bonchev–Trinajstić information content (AvgIpc) is 2.90. The maximum Gasteiger partial charge on any atom is 0.410 e. The molecule has 10 heteroatoms. The summed E-state index contributed by atoms with van der Waals surface area (Å²) in [5.41, 5.74) is 20.4. The molecule has 0 radical (unpaired) electrons. The lowest BCUT2D eigenvalue weighted by molar-refractivity contribution is 0.0125. The van der Waals surface area contributed by atoms with Crippen molar-refractivity contribution in [1.82, 2.24) is 15.1 Å². The van der Waals surface area contributed by atoms with Crippen molar-refractivity contribution in [2.45, 2.75) is 77.5 Å². The maximum atomic E-state index is 12.4. The van der Waals surface area contributed by atoms with Crippen LogP contribution < -0.4 is 22.5 Å². The van der Waals surface area contributed by atoms with Crippen LogP contribution in [0.3, 0.4) is 0 Å². The largest absolute Gasteiger partial charge is 0.507 e. The van der Waals surface area contributed by atoms with Crippen molar-refractivity contribution in [3.8, 4) is 5.75 Å². The molecule has 1 amide bonds. The lowest BCUT2D eigenvalue weighted by Crippen LogP contribution is -2.51. The molecule has 39 heavy (non-hydrogen) atoms. The number of hydrogen-bond donors (Lipinski definition) is 5. The molecule has 0 bridgehead atoms. The van der Waals surface area contributed by atoms with Crippen molar-refractivity contribution < 1.29 is 14.6 Å². The number of para-hydroxylation sites is 1. The zero-order valence-corrected chi connectivity index (χ0v) is 23.9. The number of carbonyl (C=O) groups excluding carboxylic acids is 1. The zero-order chi connectivity index (χ0) is 28.6. The number of allylic oxidation sites excluding steroid dienone is 1.